The van der Waals surface area contributed by atoms with Crippen LogP contribution in [0.2, 0.25) is 0 Å². The average Bonchev–Trinajstić information content (AvgIpc) is 1.50. The van der Waals surface area contributed by atoms with Gasteiger partial charge in [0.2, 0.25) is 0 Å². The molecule has 0 aliphatic rings. The molecule has 4 heteroatoms. The van der Waals surface area contributed by atoms with Gasteiger partial charge < -0.3 is 0 Å². The first kappa shape index (κ1) is 17.2. The van der Waals surface area contributed by atoms with Crippen LogP contribution in [0.4, 0.5) is 0 Å². The molecule has 0 aromatic heterocycles. The zero-order chi connectivity index (χ0) is 4.00. The summed E-state index contributed by atoms with van der Waals surface area (Å²) in [5.74, 6) is 0. The molecule has 0 radical (unpaired) electrons. The Kier molecular flexibility index (Phi) is 416. The molecule has 0 aliphatic heterocycles. The first-order valence-corrected chi connectivity index (χ1v) is 0.765. The Hall–Kier alpha value is 0.740. The summed E-state index contributed by atoms with van der Waals surface area (Å²) in [4.78, 5) is 0. The van der Waals surface area contributed by atoms with E-state index in [1.54, 1.807) is 0 Å². The summed E-state index contributed by atoms with van der Waals surface area (Å²) in [6.45, 7) is 3.50. The van der Waals surface area contributed by atoms with Gasteiger partial charge in [-0.15, -0.1) is 0 Å². The van der Waals surface area contributed by atoms with Crippen molar-refractivity contribution in [2.24, 2.45) is 0 Å². The van der Waals surface area contributed by atoms with Crippen molar-refractivity contribution < 1.29 is 4.66 Å². The quantitative estimate of drug-likeness (QED) is 0.425. The number of hydrogen-bond donors (Lipinski definition) is 1. The summed E-state index contributed by atoms with van der Waals surface area (Å²) in [5.41, 5.74) is 0. The Morgan fingerprint density at radius 3 is 1.40 bits per heavy atom. The summed E-state index contributed by atoms with van der Waals surface area (Å²) in [7, 11) is 0. The molecule has 0 bridgehead atoms. The molecular formula is CH3ClNNaO. The fourth-order valence-corrected chi connectivity index (χ4v) is 0. The van der Waals surface area contributed by atoms with E-state index in [1.807, 2.05) is 0 Å². The number of nitriles is 1. The molecule has 0 heterocycles. The van der Waals surface area contributed by atoms with Gasteiger partial charge in [-0.05, 0) is 0 Å². The molecule has 0 atom stereocenters. The van der Waals surface area contributed by atoms with Crippen LogP contribution in [0.5, 0.6) is 0 Å². The van der Waals surface area contributed by atoms with Gasteiger partial charge in [0.15, 0.2) is 0 Å². The molecule has 0 unspecified atom stereocenters. The van der Waals surface area contributed by atoms with E-state index >= 15 is 0 Å². The van der Waals surface area contributed by atoms with E-state index in [0.717, 1.165) is 0 Å². The zero-order valence-electron chi connectivity index (χ0n) is 1.85. The summed E-state index contributed by atoms with van der Waals surface area (Å²) in [6, 6.07) is 0. The minimum atomic E-state index is 0. The predicted molar refractivity (Wildman–Crippen MR) is 21.9 cm³/mol. The van der Waals surface area contributed by atoms with Crippen LogP contribution in [0, 0.1) is 11.8 Å². The number of hydrogen-bond acceptors (Lipinski definition) is 2. The van der Waals surface area contributed by atoms with E-state index in [4.69, 9.17) is 9.92 Å². The van der Waals surface area contributed by atoms with Crippen LogP contribution in [0.25, 0.3) is 0 Å². The zero-order valence-corrected chi connectivity index (χ0v) is 2.61. The van der Waals surface area contributed by atoms with Crippen molar-refractivity contribution >= 4 is 41.4 Å². The Morgan fingerprint density at radius 1 is 1.40 bits per heavy atom. The van der Waals surface area contributed by atoms with Crippen molar-refractivity contribution in [2.75, 3.05) is 0 Å². The van der Waals surface area contributed by atoms with Crippen LogP contribution >= 0.6 is 11.9 Å². The van der Waals surface area contributed by atoms with Crippen molar-refractivity contribution in [3.8, 4) is 6.57 Å². The molecule has 0 fully saturated rings. The first-order valence-electron chi connectivity index (χ1n) is 0.427. The van der Waals surface area contributed by atoms with Gasteiger partial charge in [-0.1, -0.05) is 0 Å². The number of rotatable bonds is 0. The monoisotopic (exact) mass is 103 g/mol. The number of nitrogens with zero attached hydrogens (tertiary/aromatic N) is 1. The van der Waals surface area contributed by atoms with Crippen LogP contribution < -0.4 is 0 Å². The topological polar surface area (TPSA) is 44.0 Å². The third-order valence-corrected chi connectivity index (χ3v) is 0. The third-order valence-electron chi connectivity index (χ3n) is 0. The van der Waals surface area contributed by atoms with Gasteiger partial charge in [0.05, 0.1) is 11.9 Å². The Labute approximate surface area is 57.8 Å². The summed E-state index contributed by atoms with van der Waals surface area (Å²) in [5, 5.41) is 6.50. The fourth-order valence-electron chi connectivity index (χ4n) is 0. The van der Waals surface area contributed by atoms with E-state index < -0.39 is 0 Å². The van der Waals surface area contributed by atoms with E-state index in [-0.39, 0.29) is 29.6 Å². The molecule has 0 aromatic rings. The van der Waals surface area contributed by atoms with E-state index in [0.29, 0.717) is 0 Å². The Morgan fingerprint density at radius 2 is 1.40 bits per heavy atom. The summed E-state index contributed by atoms with van der Waals surface area (Å²) in [6.07, 6.45) is 0. The third kappa shape index (κ3) is 65.0. The molecule has 26 valence electrons. The normalized spacial score (nSPS) is 1.60. The second kappa shape index (κ2) is 121. The van der Waals surface area contributed by atoms with Crippen LogP contribution in [-0.4, -0.2) is 34.2 Å². The maximum absolute atomic E-state index is 6.50. The Balaban J connectivity index is -0.0000000133. The molecule has 0 saturated heterocycles. The van der Waals surface area contributed by atoms with Crippen molar-refractivity contribution in [1.29, 1.82) is 5.26 Å². The molecule has 0 amide bonds. The molecule has 0 rings (SSSR count). The van der Waals surface area contributed by atoms with Gasteiger partial charge in [-0.25, -0.2) is 5.26 Å². The number of halogens is 1. The molecule has 0 aromatic carbocycles. The molecular weight excluding hydrogens is 100 g/mol. The maximum atomic E-state index is 6.50. The second-order valence-electron chi connectivity index (χ2n) is 0. The molecule has 1 N–H and O–H groups in total. The molecule has 2 nitrogen and oxygen atoms in total. The van der Waals surface area contributed by atoms with Crippen molar-refractivity contribution in [1.82, 2.24) is 0 Å². The summed E-state index contributed by atoms with van der Waals surface area (Å²) < 4.78 is 6.47. The van der Waals surface area contributed by atoms with Gasteiger partial charge in [0, 0.05) is 6.57 Å². The van der Waals surface area contributed by atoms with E-state index in [9.17, 15) is 0 Å². The molecule has 5 heavy (non-hydrogen) atoms. The van der Waals surface area contributed by atoms with E-state index in [1.165, 1.54) is 0 Å². The van der Waals surface area contributed by atoms with Gasteiger partial charge >= 0.3 is 29.6 Å². The minimum absolute atomic E-state index is 0. The van der Waals surface area contributed by atoms with Crippen LogP contribution in [0.15, 0.2) is 0 Å². The van der Waals surface area contributed by atoms with Crippen molar-refractivity contribution in [3.05, 3.63) is 0 Å². The van der Waals surface area contributed by atoms with Crippen LogP contribution in [0.1, 0.15) is 0 Å². The molecule has 0 spiro atoms. The van der Waals surface area contributed by atoms with Gasteiger partial charge in [-0.2, -0.15) is 0 Å². The van der Waals surface area contributed by atoms with Gasteiger partial charge in [-0.3, -0.25) is 4.66 Å². The standard InChI is InChI=1S/CHN.ClHO.Na.H/c2*1-2;;/h1H;2H;;. The van der Waals surface area contributed by atoms with Gasteiger partial charge in [0.1, 0.15) is 0 Å². The van der Waals surface area contributed by atoms with Gasteiger partial charge in [0.25, 0.3) is 0 Å². The Bertz CT molecular complexity index is 16.4. The second-order valence-corrected chi connectivity index (χ2v) is 0. The molecule has 0 aliphatic carbocycles. The first-order chi connectivity index (χ1) is 2.00. The summed E-state index contributed by atoms with van der Waals surface area (Å²) >= 11 is 3.64. The van der Waals surface area contributed by atoms with Crippen molar-refractivity contribution in [2.45, 2.75) is 0 Å². The predicted octanol–water partition coefficient (Wildman–Crippen LogP) is -0.376. The van der Waals surface area contributed by atoms with Crippen molar-refractivity contribution in [3.63, 3.8) is 0 Å². The SMILES string of the molecule is C#N.OCl.[NaH]. The fraction of sp³-hybridized carbons (Fsp3) is 0. The average molecular weight is 103 g/mol. The van der Waals surface area contributed by atoms with Crippen LogP contribution in [-0.2, 0) is 0 Å². The molecule has 0 saturated carbocycles. The van der Waals surface area contributed by atoms with Crippen LogP contribution in [0.3, 0.4) is 0 Å². The van der Waals surface area contributed by atoms with E-state index in [2.05, 4.69) is 18.4 Å².